The summed E-state index contributed by atoms with van der Waals surface area (Å²) in [5.41, 5.74) is 8.84. The van der Waals surface area contributed by atoms with Gasteiger partial charge in [0, 0.05) is 33.2 Å². The molecule has 7 aromatic rings. The minimum absolute atomic E-state index is 0.687. The molecule has 0 saturated heterocycles. The zero-order chi connectivity index (χ0) is 25.5. The Morgan fingerprint density at radius 2 is 1.08 bits per heavy atom. The molecule has 0 spiro atoms. The third kappa shape index (κ3) is 3.87. The van der Waals surface area contributed by atoms with E-state index < -0.39 is 0 Å². The van der Waals surface area contributed by atoms with Gasteiger partial charge >= 0.3 is 0 Å². The average Bonchev–Trinajstić information content (AvgIpc) is 3.31. The molecular weight excluding hydrogens is 461 g/mol. The first kappa shape index (κ1) is 22.3. The van der Waals surface area contributed by atoms with Gasteiger partial charge in [0.1, 0.15) is 7.85 Å². The van der Waals surface area contributed by atoms with Gasteiger partial charge in [0.2, 0.25) is 0 Å². The normalized spacial score (nSPS) is 11.3. The molecule has 0 amide bonds. The highest BCUT2D eigenvalue weighted by molar-refractivity contribution is 6.33. The van der Waals surface area contributed by atoms with E-state index in [1.54, 1.807) is 0 Å². The Morgan fingerprint density at radius 1 is 0.474 bits per heavy atom. The fourth-order valence-corrected chi connectivity index (χ4v) is 5.14. The molecule has 4 heteroatoms. The lowest BCUT2D eigenvalue weighted by Crippen LogP contribution is -2.02. The van der Waals surface area contributed by atoms with Gasteiger partial charge in [-0.2, -0.15) is 0 Å². The fourth-order valence-electron chi connectivity index (χ4n) is 5.14. The van der Waals surface area contributed by atoms with E-state index in [2.05, 4.69) is 89.5 Å². The summed E-state index contributed by atoms with van der Waals surface area (Å²) in [6.07, 6.45) is 0. The van der Waals surface area contributed by atoms with E-state index in [0.29, 0.717) is 5.82 Å². The molecule has 7 rings (SSSR count). The van der Waals surface area contributed by atoms with E-state index in [1.165, 1.54) is 10.8 Å². The topological polar surface area (TPSA) is 30.7 Å². The number of nitrogens with zero attached hydrogens (tertiary/aromatic N) is 3. The largest absolute Gasteiger partial charge is 0.309 e. The summed E-state index contributed by atoms with van der Waals surface area (Å²) >= 11 is 0. The van der Waals surface area contributed by atoms with Crippen LogP contribution in [-0.4, -0.2) is 22.4 Å². The molecule has 0 N–H and O–H groups in total. The second-order valence-corrected chi connectivity index (χ2v) is 9.37. The van der Waals surface area contributed by atoms with Crippen molar-refractivity contribution in [2.45, 2.75) is 0 Å². The van der Waals surface area contributed by atoms with Crippen LogP contribution in [0.15, 0.2) is 133 Å². The van der Waals surface area contributed by atoms with Gasteiger partial charge in [-0.1, -0.05) is 109 Å². The minimum Gasteiger partial charge on any atom is -0.309 e. The number of benzene rings is 5. The Balaban J connectivity index is 1.44. The molecular formula is C34H22BN3. The van der Waals surface area contributed by atoms with Crippen LogP contribution in [0, 0.1) is 0 Å². The van der Waals surface area contributed by atoms with E-state index in [-0.39, 0.29) is 0 Å². The van der Waals surface area contributed by atoms with Crippen molar-refractivity contribution in [3.8, 4) is 39.6 Å². The Bertz CT molecular complexity index is 1870. The van der Waals surface area contributed by atoms with Crippen LogP contribution in [0.2, 0.25) is 0 Å². The number of aromatic nitrogens is 3. The first-order chi connectivity index (χ1) is 18.7. The molecule has 0 aliphatic rings. The minimum atomic E-state index is 0.687. The lowest BCUT2D eigenvalue weighted by atomic mass is 9.95. The van der Waals surface area contributed by atoms with Crippen molar-refractivity contribution < 1.29 is 0 Å². The zero-order valence-electron chi connectivity index (χ0n) is 20.6. The maximum Gasteiger partial charge on any atom is 0.160 e. The molecule has 2 radical (unpaired) electrons. The number of fused-ring (bicyclic) bond motifs is 3. The lowest BCUT2D eigenvalue weighted by Gasteiger charge is -2.12. The predicted octanol–water partition coefficient (Wildman–Crippen LogP) is 7.37. The molecule has 176 valence electrons. The lowest BCUT2D eigenvalue weighted by molar-refractivity contribution is 1.16. The second kappa shape index (κ2) is 9.17. The average molecular weight is 483 g/mol. The van der Waals surface area contributed by atoms with E-state index in [4.69, 9.17) is 17.8 Å². The molecule has 3 nitrogen and oxygen atoms in total. The predicted molar refractivity (Wildman–Crippen MR) is 158 cm³/mol. The highest BCUT2D eigenvalue weighted by Gasteiger charge is 2.15. The molecule has 0 unspecified atom stereocenters. The van der Waals surface area contributed by atoms with Crippen LogP contribution in [0.4, 0.5) is 0 Å². The Hall–Kier alpha value is -4.96. The van der Waals surface area contributed by atoms with Crippen LogP contribution in [0.3, 0.4) is 0 Å². The molecule has 2 aromatic heterocycles. The number of hydrogen-bond acceptors (Lipinski definition) is 2. The first-order valence-corrected chi connectivity index (χ1v) is 12.6. The summed E-state index contributed by atoms with van der Waals surface area (Å²) in [7, 11) is 6.22. The van der Waals surface area contributed by atoms with Crippen LogP contribution in [-0.2, 0) is 0 Å². The quantitative estimate of drug-likeness (QED) is 0.245. The third-order valence-corrected chi connectivity index (χ3v) is 6.93. The first-order valence-electron chi connectivity index (χ1n) is 12.6. The molecule has 5 aromatic carbocycles. The molecule has 0 fully saturated rings. The van der Waals surface area contributed by atoms with Gasteiger partial charge in [0.05, 0.1) is 22.4 Å². The summed E-state index contributed by atoms with van der Waals surface area (Å²) in [6.45, 7) is 0. The Morgan fingerprint density at radius 3 is 1.79 bits per heavy atom. The van der Waals surface area contributed by atoms with Gasteiger partial charge in [-0.15, -0.1) is 0 Å². The number of rotatable bonds is 4. The van der Waals surface area contributed by atoms with Crippen molar-refractivity contribution in [3.63, 3.8) is 0 Å². The monoisotopic (exact) mass is 483 g/mol. The number of hydrogen-bond donors (Lipinski definition) is 0. The summed E-state index contributed by atoms with van der Waals surface area (Å²) in [5, 5.41) is 2.37. The van der Waals surface area contributed by atoms with Crippen molar-refractivity contribution in [3.05, 3.63) is 133 Å². The molecule has 0 aliphatic heterocycles. The molecule has 2 heterocycles. The van der Waals surface area contributed by atoms with Crippen LogP contribution in [0.1, 0.15) is 0 Å². The molecule has 38 heavy (non-hydrogen) atoms. The van der Waals surface area contributed by atoms with Gasteiger partial charge in [0.15, 0.2) is 5.82 Å². The van der Waals surface area contributed by atoms with Crippen molar-refractivity contribution in [1.29, 1.82) is 0 Å². The molecule has 0 bridgehead atoms. The van der Waals surface area contributed by atoms with Crippen molar-refractivity contribution >= 4 is 35.1 Å². The molecule has 0 atom stereocenters. The van der Waals surface area contributed by atoms with Gasteiger partial charge in [-0.3, -0.25) is 0 Å². The standard InChI is InChI=1S/C34H22BN3/c35-26-18-19-29-28-16-7-8-17-32(28)38(33(29)21-26)27-15-9-14-25(20-27)34-36-30(23-10-3-1-4-11-23)22-31(37-34)24-12-5-2-6-13-24/h1-22H. The van der Waals surface area contributed by atoms with Crippen molar-refractivity contribution in [2.75, 3.05) is 0 Å². The Kier molecular flexibility index (Phi) is 5.37. The fraction of sp³-hybridized carbons (Fsp3) is 0. The van der Waals surface area contributed by atoms with Gasteiger partial charge in [-0.25, -0.2) is 9.97 Å². The van der Waals surface area contributed by atoms with Gasteiger partial charge < -0.3 is 4.57 Å². The van der Waals surface area contributed by atoms with E-state index in [9.17, 15) is 0 Å². The van der Waals surface area contributed by atoms with Crippen molar-refractivity contribution in [2.24, 2.45) is 0 Å². The Labute approximate surface area is 222 Å². The van der Waals surface area contributed by atoms with Crippen LogP contribution in [0.5, 0.6) is 0 Å². The molecule has 0 aliphatic carbocycles. The SMILES string of the molecule is [B]c1ccc2c3ccccc3n(-c3cccc(-c4nc(-c5ccccc5)cc(-c5ccccc5)n4)c3)c2c1. The van der Waals surface area contributed by atoms with Crippen LogP contribution < -0.4 is 5.46 Å². The van der Waals surface area contributed by atoms with Crippen LogP contribution >= 0.6 is 0 Å². The summed E-state index contributed by atoms with van der Waals surface area (Å²) in [5.74, 6) is 0.687. The van der Waals surface area contributed by atoms with Crippen LogP contribution in [0.25, 0.3) is 61.4 Å². The summed E-state index contributed by atoms with van der Waals surface area (Å²) in [6, 6.07) is 45.6. The maximum atomic E-state index is 6.22. The van der Waals surface area contributed by atoms with Crippen molar-refractivity contribution in [1.82, 2.24) is 14.5 Å². The highest BCUT2D eigenvalue weighted by atomic mass is 15.0. The van der Waals surface area contributed by atoms with E-state index in [0.717, 1.165) is 50.3 Å². The van der Waals surface area contributed by atoms with Gasteiger partial charge in [-0.05, 0) is 30.3 Å². The summed E-state index contributed by atoms with van der Waals surface area (Å²) in [4.78, 5) is 10.0. The second-order valence-electron chi connectivity index (χ2n) is 9.37. The number of para-hydroxylation sites is 1. The smallest absolute Gasteiger partial charge is 0.160 e. The van der Waals surface area contributed by atoms with E-state index in [1.807, 2.05) is 48.5 Å². The van der Waals surface area contributed by atoms with E-state index >= 15 is 0 Å². The zero-order valence-corrected chi connectivity index (χ0v) is 20.6. The molecule has 0 saturated carbocycles. The summed E-state index contributed by atoms with van der Waals surface area (Å²) < 4.78 is 2.27. The highest BCUT2D eigenvalue weighted by Crippen LogP contribution is 2.33. The third-order valence-electron chi connectivity index (χ3n) is 6.93. The maximum absolute atomic E-state index is 6.22. The van der Waals surface area contributed by atoms with Gasteiger partial charge in [0.25, 0.3) is 0 Å².